The van der Waals surface area contributed by atoms with Gasteiger partial charge in [0.2, 0.25) is 0 Å². The molecule has 5 heteroatoms. The van der Waals surface area contributed by atoms with E-state index >= 15 is 0 Å². The fraction of sp³-hybridized carbons (Fsp3) is 0.571. The maximum absolute atomic E-state index is 12.3. The van der Waals surface area contributed by atoms with E-state index < -0.39 is 12.6 Å². The Labute approximate surface area is 112 Å². The first kappa shape index (κ1) is 15.8. The first-order valence-corrected chi connectivity index (χ1v) is 6.43. The fourth-order valence-electron chi connectivity index (χ4n) is 2.12. The summed E-state index contributed by atoms with van der Waals surface area (Å²) < 4.78 is 36.9. The number of hydrogen-bond donors (Lipinski definition) is 1. The van der Waals surface area contributed by atoms with E-state index in [1.165, 1.54) is 0 Å². The van der Waals surface area contributed by atoms with Crippen molar-refractivity contribution >= 4 is 5.69 Å². The van der Waals surface area contributed by atoms with Crippen LogP contribution < -0.4 is 10.2 Å². The molecule has 1 aromatic rings. The first-order chi connectivity index (χ1) is 8.89. The van der Waals surface area contributed by atoms with Crippen LogP contribution in [0, 0.1) is 0 Å². The van der Waals surface area contributed by atoms with Gasteiger partial charge in [0.25, 0.3) is 0 Å². The zero-order valence-electron chi connectivity index (χ0n) is 11.6. The van der Waals surface area contributed by atoms with E-state index in [1.54, 1.807) is 11.9 Å². The number of anilines is 1. The molecule has 1 aromatic carbocycles. The lowest BCUT2D eigenvalue weighted by Crippen LogP contribution is -2.26. The van der Waals surface area contributed by atoms with Crippen LogP contribution >= 0.6 is 0 Å². The smallest absolute Gasteiger partial charge is 0.374 e. The highest BCUT2D eigenvalue weighted by Gasteiger charge is 2.27. The number of alkyl halides is 3. The lowest BCUT2D eigenvalue weighted by Gasteiger charge is -2.26. The maximum Gasteiger partial charge on any atom is 0.390 e. The second kappa shape index (κ2) is 6.80. The molecule has 1 unspecified atom stereocenters. The topological polar surface area (TPSA) is 15.3 Å². The molecule has 19 heavy (non-hydrogen) atoms. The minimum atomic E-state index is -4.11. The number of benzene rings is 1. The van der Waals surface area contributed by atoms with Gasteiger partial charge in [0.15, 0.2) is 0 Å². The molecule has 0 saturated heterocycles. The number of rotatable bonds is 6. The van der Waals surface area contributed by atoms with Crippen LogP contribution in [0.1, 0.15) is 31.4 Å². The van der Waals surface area contributed by atoms with Crippen LogP contribution in [0.4, 0.5) is 18.9 Å². The molecule has 0 aliphatic rings. The van der Waals surface area contributed by atoms with Gasteiger partial charge in [0, 0.05) is 25.3 Å². The average Bonchev–Trinajstić information content (AvgIpc) is 2.37. The van der Waals surface area contributed by atoms with Crippen molar-refractivity contribution in [1.29, 1.82) is 0 Å². The van der Waals surface area contributed by atoms with Gasteiger partial charge in [-0.2, -0.15) is 13.2 Å². The summed E-state index contributed by atoms with van der Waals surface area (Å²) in [5.41, 5.74) is 1.89. The summed E-state index contributed by atoms with van der Waals surface area (Å²) in [6.45, 7) is 2.02. The first-order valence-electron chi connectivity index (χ1n) is 6.43. The molecule has 1 atom stereocenters. The number of para-hydroxylation sites is 1. The average molecular weight is 274 g/mol. The van der Waals surface area contributed by atoms with Crippen LogP contribution in [0.5, 0.6) is 0 Å². The summed E-state index contributed by atoms with van der Waals surface area (Å²) in [5, 5.41) is 3.19. The molecule has 108 valence electrons. The fourth-order valence-corrected chi connectivity index (χ4v) is 2.12. The van der Waals surface area contributed by atoms with Gasteiger partial charge in [-0.3, -0.25) is 0 Å². The lowest BCUT2D eigenvalue weighted by molar-refractivity contribution is -0.132. The Bertz CT molecular complexity index is 387. The third-order valence-electron chi connectivity index (χ3n) is 3.21. The van der Waals surface area contributed by atoms with Gasteiger partial charge in [-0.05, 0) is 25.1 Å². The van der Waals surface area contributed by atoms with Crippen LogP contribution in [0.2, 0.25) is 0 Å². The number of hydrogen-bond acceptors (Lipinski definition) is 2. The molecule has 0 saturated carbocycles. The molecule has 0 radical (unpaired) electrons. The number of nitrogens with one attached hydrogen (secondary N) is 1. The highest BCUT2D eigenvalue weighted by Crippen LogP contribution is 2.28. The third kappa shape index (κ3) is 4.74. The Morgan fingerprint density at radius 2 is 1.89 bits per heavy atom. The van der Waals surface area contributed by atoms with Crippen molar-refractivity contribution in [1.82, 2.24) is 5.32 Å². The molecule has 0 fully saturated rings. The second-order valence-electron chi connectivity index (χ2n) is 4.60. The predicted octanol–water partition coefficient (Wildman–Crippen LogP) is 3.75. The molecule has 0 bridgehead atoms. The van der Waals surface area contributed by atoms with Crippen molar-refractivity contribution in [3.8, 4) is 0 Å². The summed E-state index contributed by atoms with van der Waals surface area (Å²) in [6, 6.07) is 7.75. The standard InChI is InChI=1S/C14H21F3N2/c1-4-12(18-2)11-7-5-6-8-13(11)19(3)10-9-14(15,16)17/h5-8,12,18H,4,9-10H2,1-3H3. The van der Waals surface area contributed by atoms with Crippen LogP contribution in [0.3, 0.4) is 0 Å². The van der Waals surface area contributed by atoms with E-state index in [9.17, 15) is 13.2 Å². The normalized spacial score (nSPS) is 13.4. The van der Waals surface area contributed by atoms with Gasteiger partial charge in [0.1, 0.15) is 0 Å². The van der Waals surface area contributed by atoms with E-state index in [2.05, 4.69) is 5.32 Å². The zero-order valence-corrected chi connectivity index (χ0v) is 11.6. The quantitative estimate of drug-likeness (QED) is 0.850. The summed E-state index contributed by atoms with van der Waals surface area (Å²) >= 11 is 0. The van der Waals surface area contributed by atoms with Gasteiger partial charge in [-0.15, -0.1) is 0 Å². The van der Waals surface area contributed by atoms with Crippen molar-refractivity contribution in [3.63, 3.8) is 0 Å². The summed E-state index contributed by atoms with van der Waals surface area (Å²) in [4.78, 5) is 1.67. The minimum absolute atomic E-state index is 0.0271. The summed E-state index contributed by atoms with van der Waals surface area (Å²) in [7, 11) is 3.56. The van der Waals surface area contributed by atoms with Gasteiger partial charge < -0.3 is 10.2 Å². The molecule has 0 aliphatic carbocycles. The molecule has 1 rings (SSSR count). The van der Waals surface area contributed by atoms with Crippen molar-refractivity contribution in [2.75, 3.05) is 25.5 Å². The number of halogens is 3. The Morgan fingerprint density at radius 3 is 2.42 bits per heavy atom. The Morgan fingerprint density at radius 1 is 1.26 bits per heavy atom. The molecule has 0 amide bonds. The predicted molar refractivity (Wildman–Crippen MR) is 72.5 cm³/mol. The van der Waals surface area contributed by atoms with Gasteiger partial charge >= 0.3 is 6.18 Å². The van der Waals surface area contributed by atoms with Crippen molar-refractivity contribution in [2.24, 2.45) is 0 Å². The van der Waals surface area contributed by atoms with Gasteiger partial charge in [-0.25, -0.2) is 0 Å². The van der Waals surface area contributed by atoms with E-state index in [-0.39, 0.29) is 12.6 Å². The Kier molecular flexibility index (Phi) is 5.66. The van der Waals surface area contributed by atoms with Crippen molar-refractivity contribution in [3.05, 3.63) is 29.8 Å². The van der Waals surface area contributed by atoms with Crippen molar-refractivity contribution < 1.29 is 13.2 Å². The Balaban J connectivity index is 2.87. The zero-order chi connectivity index (χ0) is 14.5. The van der Waals surface area contributed by atoms with E-state index in [0.29, 0.717) is 0 Å². The van der Waals surface area contributed by atoms with Crippen molar-refractivity contribution in [2.45, 2.75) is 32.0 Å². The Hall–Kier alpha value is -1.23. The largest absolute Gasteiger partial charge is 0.390 e. The highest BCUT2D eigenvalue weighted by molar-refractivity contribution is 5.54. The van der Waals surface area contributed by atoms with Gasteiger partial charge in [0.05, 0.1) is 6.42 Å². The van der Waals surface area contributed by atoms with E-state index in [4.69, 9.17) is 0 Å². The monoisotopic (exact) mass is 274 g/mol. The molecular weight excluding hydrogens is 253 g/mol. The molecule has 0 aliphatic heterocycles. The molecule has 0 spiro atoms. The minimum Gasteiger partial charge on any atom is -0.374 e. The molecule has 2 nitrogen and oxygen atoms in total. The van der Waals surface area contributed by atoms with E-state index in [1.807, 2.05) is 38.2 Å². The highest BCUT2D eigenvalue weighted by atomic mass is 19.4. The van der Waals surface area contributed by atoms with E-state index in [0.717, 1.165) is 17.7 Å². The number of nitrogens with zero attached hydrogens (tertiary/aromatic N) is 1. The lowest BCUT2D eigenvalue weighted by atomic mass is 10.0. The second-order valence-corrected chi connectivity index (χ2v) is 4.60. The molecule has 1 N–H and O–H groups in total. The van der Waals surface area contributed by atoms with Crippen LogP contribution in [-0.2, 0) is 0 Å². The maximum atomic E-state index is 12.3. The molecular formula is C14H21F3N2. The summed E-state index contributed by atoms with van der Waals surface area (Å²) in [6.07, 6.45) is -4.02. The van der Waals surface area contributed by atoms with Crippen LogP contribution in [0.25, 0.3) is 0 Å². The SMILES string of the molecule is CCC(NC)c1ccccc1N(C)CCC(F)(F)F. The molecule has 0 aromatic heterocycles. The van der Waals surface area contributed by atoms with Gasteiger partial charge in [-0.1, -0.05) is 25.1 Å². The third-order valence-corrected chi connectivity index (χ3v) is 3.21. The summed E-state index contributed by atoms with van der Waals surface area (Å²) in [5.74, 6) is 0. The van der Waals surface area contributed by atoms with Crippen LogP contribution in [0.15, 0.2) is 24.3 Å². The molecule has 0 heterocycles. The van der Waals surface area contributed by atoms with Crippen LogP contribution in [-0.4, -0.2) is 26.8 Å².